The highest BCUT2D eigenvalue weighted by Crippen LogP contribution is 2.14. The predicted molar refractivity (Wildman–Crippen MR) is 46.1 cm³/mol. The van der Waals surface area contributed by atoms with Gasteiger partial charge in [0.1, 0.15) is 11.6 Å². The summed E-state index contributed by atoms with van der Waals surface area (Å²) < 4.78 is 0. The summed E-state index contributed by atoms with van der Waals surface area (Å²) in [6, 6.07) is 0. The molecule has 0 aliphatic carbocycles. The summed E-state index contributed by atoms with van der Waals surface area (Å²) in [6.07, 6.45) is 1.25. The maximum absolute atomic E-state index is 4.26. The third kappa shape index (κ3) is 1.24. The molecular formula is C8H12N4. The minimum atomic E-state index is 0.810. The molecule has 1 aliphatic heterocycles. The van der Waals surface area contributed by atoms with Gasteiger partial charge < -0.3 is 4.90 Å². The summed E-state index contributed by atoms with van der Waals surface area (Å²) in [6.45, 7) is 5.97. The van der Waals surface area contributed by atoms with E-state index in [-0.39, 0.29) is 0 Å². The highest BCUT2D eigenvalue weighted by atomic mass is 15.3. The van der Waals surface area contributed by atoms with Gasteiger partial charge in [-0.05, 0) is 20.3 Å². The Balaban J connectivity index is 2.30. The molecule has 0 amide bonds. The lowest BCUT2D eigenvalue weighted by Crippen LogP contribution is -2.38. The van der Waals surface area contributed by atoms with Crippen LogP contribution in [-0.4, -0.2) is 28.0 Å². The second kappa shape index (κ2) is 2.69. The van der Waals surface area contributed by atoms with Gasteiger partial charge in [0, 0.05) is 13.1 Å². The van der Waals surface area contributed by atoms with E-state index in [1.54, 1.807) is 0 Å². The van der Waals surface area contributed by atoms with Gasteiger partial charge in [0.25, 0.3) is 0 Å². The fraction of sp³-hybridized carbons (Fsp3) is 0.625. The molecule has 2 heterocycles. The first-order valence-electron chi connectivity index (χ1n) is 4.20. The van der Waals surface area contributed by atoms with Gasteiger partial charge in [0.2, 0.25) is 5.95 Å². The molecule has 0 N–H and O–H groups in total. The molecular weight excluding hydrogens is 152 g/mol. The van der Waals surface area contributed by atoms with Crippen molar-refractivity contribution in [2.45, 2.75) is 20.3 Å². The van der Waals surface area contributed by atoms with Gasteiger partial charge in [-0.15, -0.1) is 0 Å². The normalized spacial score (nSPS) is 16.0. The van der Waals surface area contributed by atoms with Gasteiger partial charge >= 0.3 is 0 Å². The highest BCUT2D eigenvalue weighted by molar-refractivity contribution is 5.32. The van der Waals surface area contributed by atoms with Crippen LogP contribution < -0.4 is 4.90 Å². The smallest absolute Gasteiger partial charge is 0.228 e. The number of aromatic nitrogens is 3. The average Bonchev–Trinajstić information content (AvgIpc) is 1.79. The van der Waals surface area contributed by atoms with Crippen LogP contribution in [0.5, 0.6) is 0 Å². The standard InChI is InChI=1S/C8H12N4/c1-6-9-7(2)11-8(10-6)12-4-3-5-12/h3-5H2,1-2H3. The summed E-state index contributed by atoms with van der Waals surface area (Å²) in [5.41, 5.74) is 0. The van der Waals surface area contributed by atoms with Crippen molar-refractivity contribution in [2.75, 3.05) is 18.0 Å². The summed E-state index contributed by atoms with van der Waals surface area (Å²) in [7, 11) is 0. The van der Waals surface area contributed by atoms with E-state index in [1.807, 2.05) is 13.8 Å². The van der Waals surface area contributed by atoms with Gasteiger partial charge in [-0.25, -0.2) is 4.98 Å². The van der Waals surface area contributed by atoms with Gasteiger partial charge in [-0.2, -0.15) is 9.97 Å². The molecule has 0 spiro atoms. The zero-order valence-electron chi connectivity index (χ0n) is 7.41. The third-order valence-corrected chi connectivity index (χ3v) is 1.99. The quantitative estimate of drug-likeness (QED) is 0.612. The summed E-state index contributed by atoms with van der Waals surface area (Å²) in [4.78, 5) is 14.8. The molecule has 1 saturated heterocycles. The topological polar surface area (TPSA) is 41.9 Å². The molecule has 0 unspecified atom stereocenters. The Morgan fingerprint density at radius 2 is 1.58 bits per heavy atom. The van der Waals surface area contributed by atoms with Crippen LogP contribution in [0.15, 0.2) is 0 Å². The van der Waals surface area contributed by atoms with Crippen LogP contribution in [0.25, 0.3) is 0 Å². The van der Waals surface area contributed by atoms with Crippen molar-refractivity contribution in [1.82, 2.24) is 15.0 Å². The molecule has 0 atom stereocenters. The van der Waals surface area contributed by atoms with Crippen molar-refractivity contribution in [3.63, 3.8) is 0 Å². The maximum atomic E-state index is 4.26. The van der Waals surface area contributed by atoms with E-state index in [2.05, 4.69) is 19.9 Å². The molecule has 1 aromatic heterocycles. The van der Waals surface area contributed by atoms with E-state index in [0.717, 1.165) is 30.7 Å². The number of hydrogen-bond acceptors (Lipinski definition) is 4. The minimum absolute atomic E-state index is 0.810. The minimum Gasteiger partial charge on any atom is -0.341 e. The fourth-order valence-electron chi connectivity index (χ4n) is 1.26. The second-order valence-corrected chi connectivity index (χ2v) is 3.07. The molecule has 0 radical (unpaired) electrons. The molecule has 4 nitrogen and oxygen atoms in total. The zero-order chi connectivity index (χ0) is 8.55. The average molecular weight is 164 g/mol. The number of nitrogens with zero attached hydrogens (tertiary/aromatic N) is 4. The summed E-state index contributed by atoms with van der Waals surface area (Å²) >= 11 is 0. The van der Waals surface area contributed by atoms with E-state index in [4.69, 9.17) is 0 Å². The van der Waals surface area contributed by atoms with Crippen molar-refractivity contribution in [2.24, 2.45) is 0 Å². The number of anilines is 1. The molecule has 0 bridgehead atoms. The van der Waals surface area contributed by atoms with Crippen molar-refractivity contribution < 1.29 is 0 Å². The Morgan fingerprint density at radius 1 is 1.00 bits per heavy atom. The van der Waals surface area contributed by atoms with E-state index in [9.17, 15) is 0 Å². The Morgan fingerprint density at radius 3 is 2.00 bits per heavy atom. The lowest BCUT2D eigenvalue weighted by Gasteiger charge is -2.30. The molecule has 0 aromatic carbocycles. The lowest BCUT2D eigenvalue weighted by molar-refractivity contribution is 0.595. The second-order valence-electron chi connectivity index (χ2n) is 3.07. The maximum Gasteiger partial charge on any atom is 0.228 e. The largest absolute Gasteiger partial charge is 0.341 e. The number of hydrogen-bond donors (Lipinski definition) is 0. The molecule has 2 rings (SSSR count). The first-order valence-corrected chi connectivity index (χ1v) is 4.20. The van der Waals surface area contributed by atoms with E-state index in [0.29, 0.717) is 0 Å². The molecule has 4 heteroatoms. The van der Waals surface area contributed by atoms with E-state index in [1.165, 1.54) is 6.42 Å². The van der Waals surface area contributed by atoms with Crippen molar-refractivity contribution in [3.05, 3.63) is 11.6 Å². The van der Waals surface area contributed by atoms with Crippen molar-refractivity contribution >= 4 is 5.95 Å². The van der Waals surface area contributed by atoms with Crippen molar-refractivity contribution in [1.29, 1.82) is 0 Å². The monoisotopic (exact) mass is 164 g/mol. The van der Waals surface area contributed by atoms with E-state index < -0.39 is 0 Å². The molecule has 0 saturated carbocycles. The SMILES string of the molecule is Cc1nc(C)nc(N2CCC2)n1. The first-order chi connectivity index (χ1) is 5.75. The van der Waals surface area contributed by atoms with E-state index >= 15 is 0 Å². The van der Waals surface area contributed by atoms with Gasteiger partial charge in [0.05, 0.1) is 0 Å². The fourth-order valence-corrected chi connectivity index (χ4v) is 1.26. The molecule has 1 fully saturated rings. The van der Waals surface area contributed by atoms with Crippen LogP contribution in [0.3, 0.4) is 0 Å². The lowest BCUT2D eigenvalue weighted by atomic mass is 10.2. The van der Waals surface area contributed by atoms with Crippen LogP contribution in [-0.2, 0) is 0 Å². The number of rotatable bonds is 1. The van der Waals surface area contributed by atoms with Crippen LogP contribution in [0, 0.1) is 13.8 Å². The van der Waals surface area contributed by atoms with Gasteiger partial charge in [-0.3, -0.25) is 0 Å². The number of aryl methyl sites for hydroxylation is 2. The summed E-state index contributed by atoms with van der Waals surface area (Å²) in [5, 5.41) is 0. The van der Waals surface area contributed by atoms with Crippen LogP contribution in [0.2, 0.25) is 0 Å². The first kappa shape index (κ1) is 7.46. The molecule has 12 heavy (non-hydrogen) atoms. The van der Waals surface area contributed by atoms with Crippen molar-refractivity contribution in [3.8, 4) is 0 Å². The Labute approximate surface area is 71.7 Å². The Kier molecular flexibility index (Phi) is 1.67. The molecule has 64 valence electrons. The Hall–Kier alpha value is -1.19. The summed E-state index contributed by atoms with van der Waals surface area (Å²) in [5.74, 6) is 2.46. The zero-order valence-corrected chi connectivity index (χ0v) is 7.41. The predicted octanol–water partition coefficient (Wildman–Crippen LogP) is 0.699. The van der Waals surface area contributed by atoms with Crippen LogP contribution in [0.4, 0.5) is 5.95 Å². The Bertz CT molecular complexity index is 273. The third-order valence-electron chi connectivity index (χ3n) is 1.99. The van der Waals surface area contributed by atoms with Crippen LogP contribution in [0.1, 0.15) is 18.1 Å². The van der Waals surface area contributed by atoms with Crippen LogP contribution >= 0.6 is 0 Å². The highest BCUT2D eigenvalue weighted by Gasteiger charge is 2.17. The van der Waals surface area contributed by atoms with Gasteiger partial charge in [-0.1, -0.05) is 0 Å². The van der Waals surface area contributed by atoms with Gasteiger partial charge in [0.15, 0.2) is 0 Å². The molecule has 1 aromatic rings. The molecule has 1 aliphatic rings.